The summed E-state index contributed by atoms with van der Waals surface area (Å²) in [6.45, 7) is 10.9. The molecule has 0 radical (unpaired) electrons. The van der Waals surface area contributed by atoms with Crippen LogP contribution in [0.3, 0.4) is 0 Å². The second-order valence-electron chi connectivity index (χ2n) is 5.94. The maximum Gasteiger partial charge on any atom is 0.230 e. The summed E-state index contributed by atoms with van der Waals surface area (Å²) in [5.74, 6) is 1.02. The van der Waals surface area contributed by atoms with Crippen LogP contribution < -0.4 is 0 Å². The van der Waals surface area contributed by atoms with Gasteiger partial charge in [0.15, 0.2) is 5.82 Å². The van der Waals surface area contributed by atoms with Crippen molar-refractivity contribution in [2.45, 2.75) is 33.6 Å². The Morgan fingerprint density at radius 2 is 1.67 bits per heavy atom. The molecule has 1 fully saturated rings. The van der Waals surface area contributed by atoms with Crippen LogP contribution in [0.15, 0.2) is 4.52 Å². The number of rotatable bonds is 7. The Morgan fingerprint density at radius 1 is 1.08 bits per heavy atom. The normalized spacial score (nSPS) is 15.2. The molecule has 2 amide bonds. The van der Waals surface area contributed by atoms with Gasteiger partial charge in [-0.1, -0.05) is 19.0 Å². The second kappa shape index (κ2) is 8.77. The van der Waals surface area contributed by atoms with Gasteiger partial charge in [-0.25, -0.2) is 0 Å². The van der Waals surface area contributed by atoms with Gasteiger partial charge in [0.2, 0.25) is 17.7 Å². The van der Waals surface area contributed by atoms with E-state index < -0.39 is 0 Å². The van der Waals surface area contributed by atoms with Gasteiger partial charge in [-0.2, -0.15) is 4.98 Å². The third-order valence-electron chi connectivity index (χ3n) is 4.40. The first-order valence-corrected chi connectivity index (χ1v) is 8.60. The van der Waals surface area contributed by atoms with E-state index in [1.165, 1.54) is 0 Å². The molecule has 1 saturated heterocycles. The average Bonchev–Trinajstić information content (AvgIpc) is 3.00. The van der Waals surface area contributed by atoms with Crippen molar-refractivity contribution in [3.8, 4) is 0 Å². The Bertz CT molecular complexity index is 548. The van der Waals surface area contributed by atoms with Crippen LogP contribution in [0.25, 0.3) is 0 Å². The third-order valence-corrected chi connectivity index (χ3v) is 4.40. The van der Waals surface area contributed by atoms with Crippen LogP contribution in [0.4, 0.5) is 0 Å². The molecule has 1 aromatic rings. The summed E-state index contributed by atoms with van der Waals surface area (Å²) in [5, 5.41) is 3.75. The van der Waals surface area contributed by atoms with Gasteiger partial charge in [0.05, 0.1) is 6.42 Å². The second-order valence-corrected chi connectivity index (χ2v) is 5.94. The fourth-order valence-electron chi connectivity index (χ4n) is 2.82. The van der Waals surface area contributed by atoms with Gasteiger partial charge in [0.25, 0.3) is 0 Å². The molecule has 0 unspecified atom stereocenters. The molecule has 0 aliphatic carbocycles. The molecular formula is C16H27N5O3. The average molecular weight is 337 g/mol. The molecule has 24 heavy (non-hydrogen) atoms. The highest BCUT2D eigenvalue weighted by Gasteiger charge is 2.25. The quantitative estimate of drug-likeness (QED) is 0.713. The van der Waals surface area contributed by atoms with Crippen LogP contribution in [0.2, 0.25) is 0 Å². The van der Waals surface area contributed by atoms with Crippen LogP contribution in [0.5, 0.6) is 0 Å². The summed E-state index contributed by atoms with van der Waals surface area (Å²) in [7, 11) is 0. The van der Waals surface area contributed by atoms with Gasteiger partial charge in [0, 0.05) is 46.1 Å². The third kappa shape index (κ3) is 5.02. The molecule has 0 N–H and O–H groups in total. The van der Waals surface area contributed by atoms with Crippen molar-refractivity contribution >= 4 is 11.8 Å². The molecule has 8 heteroatoms. The van der Waals surface area contributed by atoms with Crippen LogP contribution in [0, 0.1) is 6.92 Å². The zero-order valence-electron chi connectivity index (χ0n) is 14.8. The first-order valence-electron chi connectivity index (χ1n) is 8.60. The molecule has 1 aliphatic heterocycles. The molecule has 2 heterocycles. The predicted octanol–water partition coefficient (Wildman–Crippen LogP) is 0.323. The zero-order chi connectivity index (χ0) is 17.5. The molecular weight excluding hydrogens is 310 g/mol. The fraction of sp³-hybridized carbons (Fsp3) is 0.750. The Kier molecular flexibility index (Phi) is 6.72. The smallest absolute Gasteiger partial charge is 0.230 e. The number of hydrogen-bond acceptors (Lipinski definition) is 6. The molecule has 0 spiro atoms. The lowest BCUT2D eigenvalue weighted by Crippen LogP contribution is -2.51. The zero-order valence-corrected chi connectivity index (χ0v) is 14.8. The van der Waals surface area contributed by atoms with E-state index in [4.69, 9.17) is 4.52 Å². The summed E-state index contributed by atoms with van der Waals surface area (Å²) in [4.78, 5) is 34.4. The van der Waals surface area contributed by atoms with Gasteiger partial charge >= 0.3 is 0 Å². The monoisotopic (exact) mass is 337 g/mol. The van der Waals surface area contributed by atoms with Crippen molar-refractivity contribution in [3.63, 3.8) is 0 Å². The standard InChI is InChI=1S/C16H27N5O3/c1-4-19(5-2)7-6-15(22)20-8-10-21(11-9-20)16(23)12-14-17-13(3)24-18-14/h4-12H2,1-3H3. The van der Waals surface area contributed by atoms with Crippen molar-refractivity contribution in [2.75, 3.05) is 45.8 Å². The molecule has 0 bridgehead atoms. The Labute approximate surface area is 142 Å². The molecule has 1 aliphatic rings. The first kappa shape index (κ1) is 18.4. The number of aryl methyl sites for hydroxylation is 1. The van der Waals surface area contributed by atoms with Gasteiger partial charge in [-0.3, -0.25) is 9.59 Å². The largest absolute Gasteiger partial charge is 0.340 e. The maximum atomic E-state index is 12.3. The predicted molar refractivity (Wildman–Crippen MR) is 88.3 cm³/mol. The number of amides is 2. The Morgan fingerprint density at radius 3 is 2.17 bits per heavy atom. The van der Waals surface area contributed by atoms with E-state index >= 15 is 0 Å². The summed E-state index contributed by atoms with van der Waals surface area (Å²) in [5.41, 5.74) is 0. The van der Waals surface area contributed by atoms with Gasteiger partial charge in [-0.15, -0.1) is 0 Å². The van der Waals surface area contributed by atoms with Crippen molar-refractivity contribution in [1.82, 2.24) is 24.8 Å². The van der Waals surface area contributed by atoms with E-state index in [1.54, 1.807) is 11.8 Å². The number of carbonyl (C=O) groups is 2. The highest BCUT2D eigenvalue weighted by Crippen LogP contribution is 2.07. The number of piperazine rings is 1. The fourth-order valence-corrected chi connectivity index (χ4v) is 2.82. The van der Waals surface area contributed by atoms with Crippen LogP contribution in [-0.4, -0.2) is 82.5 Å². The lowest BCUT2D eigenvalue weighted by atomic mass is 10.2. The minimum atomic E-state index is -0.0222. The number of aromatic nitrogens is 2. The Balaban J connectivity index is 1.74. The van der Waals surface area contributed by atoms with Gasteiger partial charge in [0.1, 0.15) is 0 Å². The molecule has 0 aromatic carbocycles. The van der Waals surface area contributed by atoms with E-state index in [9.17, 15) is 9.59 Å². The minimum absolute atomic E-state index is 0.0222. The summed E-state index contributed by atoms with van der Waals surface area (Å²) in [6, 6.07) is 0. The molecule has 8 nitrogen and oxygen atoms in total. The van der Waals surface area contributed by atoms with Gasteiger partial charge in [-0.05, 0) is 13.1 Å². The number of carbonyl (C=O) groups excluding carboxylic acids is 2. The van der Waals surface area contributed by atoms with Crippen molar-refractivity contribution in [2.24, 2.45) is 0 Å². The molecule has 134 valence electrons. The Hall–Kier alpha value is -1.96. The topological polar surface area (TPSA) is 82.8 Å². The first-order chi connectivity index (χ1) is 11.5. The minimum Gasteiger partial charge on any atom is -0.340 e. The summed E-state index contributed by atoms with van der Waals surface area (Å²) in [6.07, 6.45) is 0.686. The van der Waals surface area contributed by atoms with E-state index in [1.807, 2.05) is 4.90 Å². The van der Waals surface area contributed by atoms with E-state index in [0.29, 0.717) is 44.3 Å². The molecule has 0 atom stereocenters. The van der Waals surface area contributed by atoms with Crippen LogP contribution >= 0.6 is 0 Å². The van der Waals surface area contributed by atoms with Crippen molar-refractivity contribution < 1.29 is 14.1 Å². The van der Waals surface area contributed by atoms with Crippen molar-refractivity contribution in [1.29, 1.82) is 0 Å². The molecule has 2 rings (SSSR count). The lowest BCUT2D eigenvalue weighted by Gasteiger charge is -2.35. The molecule has 0 saturated carbocycles. The van der Waals surface area contributed by atoms with Crippen LogP contribution in [0.1, 0.15) is 32.0 Å². The summed E-state index contributed by atoms with van der Waals surface area (Å²) < 4.78 is 4.88. The van der Waals surface area contributed by atoms with Gasteiger partial charge < -0.3 is 19.2 Å². The van der Waals surface area contributed by atoms with E-state index in [2.05, 4.69) is 28.9 Å². The lowest BCUT2D eigenvalue weighted by molar-refractivity contribution is -0.139. The maximum absolute atomic E-state index is 12.3. The van der Waals surface area contributed by atoms with E-state index in [-0.39, 0.29) is 18.2 Å². The number of nitrogens with zero attached hydrogens (tertiary/aromatic N) is 5. The molecule has 1 aromatic heterocycles. The van der Waals surface area contributed by atoms with E-state index in [0.717, 1.165) is 19.6 Å². The highest BCUT2D eigenvalue weighted by molar-refractivity contribution is 5.79. The van der Waals surface area contributed by atoms with Crippen LogP contribution in [-0.2, 0) is 16.0 Å². The van der Waals surface area contributed by atoms with Crippen molar-refractivity contribution in [3.05, 3.63) is 11.7 Å². The SMILES string of the molecule is CCN(CC)CCC(=O)N1CCN(C(=O)Cc2noc(C)n2)CC1. The summed E-state index contributed by atoms with van der Waals surface area (Å²) >= 11 is 0. The highest BCUT2D eigenvalue weighted by atomic mass is 16.5. The number of hydrogen-bond donors (Lipinski definition) is 0.